The number of hydrogen-bond acceptors (Lipinski definition) is 5. The third kappa shape index (κ3) is 5.26. The van der Waals surface area contributed by atoms with Gasteiger partial charge in [0.05, 0.1) is 11.9 Å². The summed E-state index contributed by atoms with van der Waals surface area (Å²) >= 11 is 0. The number of nitrogens with zero attached hydrogens (tertiary/aromatic N) is 3. The summed E-state index contributed by atoms with van der Waals surface area (Å²) in [6, 6.07) is 5.14. The maximum Gasteiger partial charge on any atom is 0.324 e. The van der Waals surface area contributed by atoms with Gasteiger partial charge in [-0.05, 0) is 12.1 Å². The molecule has 0 saturated carbocycles. The summed E-state index contributed by atoms with van der Waals surface area (Å²) in [6.45, 7) is -0.953. The van der Waals surface area contributed by atoms with Crippen LogP contribution in [-0.2, 0) is 9.59 Å². The number of hydrogen-bond donors (Lipinski definition) is 2. The lowest BCUT2D eigenvalue weighted by atomic mass is 10.4. The van der Waals surface area contributed by atoms with Gasteiger partial charge in [0.1, 0.15) is 13.1 Å². The Balaban J connectivity index is 2.68. The summed E-state index contributed by atoms with van der Waals surface area (Å²) in [5, 5.41) is 21.8. The number of rotatable bonds is 6. The lowest BCUT2D eigenvalue weighted by Crippen LogP contribution is -2.30. The average Bonchev–Trinajstić information content (AvgIpc) is 2.26. The fourth-order valence-corrected chi connectivity index (χ4v) is 1.04. The maximum absolute atomic E-state index is 10.5. The number of carboxylic acids is 2. The van der Waals surface area contributed by atoms with Gasteiger partial charge in [-0.15, -0.1) is 0 Å². The van der Waals surface area contributed by atoms with Crippen LogP contribution in [0.25, 0.3) is 0 Å². The molecule has 0 saturated heterocycles. The number of aromatic nitrogens is 1. The molecule has 0 radical (unpaired) electrons. The fourth-order valence-electron chi connectivity index (χ4n) is 1.04. The van der Waals surface area contributed by atoms with Gasteiger partial charge < -0.3 is 10.2 Å². The van der Waals surface area contributed by atoms with E-state index in [0.29, 0.717) is 5.69 Å². The predicted octanol–water partition coefficient (Wildman–Crippen LogP) is -0.113. The monoisotopic (exact) mass is 237 g/mol. The Morgan fingerprint density at radius 2 is 1.94 bits per heavy atom. The minimum Gasteiger partial charge on any atom is -0.480 e. The molecule has 0 unspecified atom stereocenters. The van der Waals surface area contributed by atoms with Crippen molar-refractivity contribution in [2.45, 2.75) is 0 Å². The molecule has 0 atom stereocenters. The predicted molar refractivity (Wildman–Crippen MR) is 58.7 cm³/mol. The minimum atomic E-state index is -1.15. The summed E-state index contributed by atoms with van der Waals surface area (Å²) in [6.07, 6.45) is 2.87. The second-order valence-electron chi connectivity index (χ2n) is 3.11. The Hall–Kier alpha value is -2.44. The highest BCUT2D eigenvalue weighted by atomic mass is 16.4. The number of carbonyl (C=O) groups is 2. The Bertz CT molecular complexity index is 403. The standard InChI is InChI=1S/C10H11N3O4/c14-9(15)6-13(7-10(16)17)12-5-8-3-1-2-4-11-8/h1-5H,6-7H2,(H,14,15)(H,16,17)/b12-5-. The smallest absolute Gasteiger partial charge is 0.324 e. The van der Waals surface area contributed by atoms with Crippen LogP contribution in [0.3, 0.4) is 0 Å². The van der Waals surface area contributed by atoms with Gasteiger partial charge >= 0.3 is 11.9 Å². The van der Waals surface area contributed by atoms with Gasteiger partial charge in [0, 0.05) is 6.20 Å². The summed E-state index contributed by atoms with van der Waals surface area (Å²) in [5.41, 5.74) is 0.522. The summed E-state index contributed by atoms with van der Waals surface area (Å²) < 4.78 is 0. The Morgan fingerprint density at radius 3 is 2.41 bits per heavy atom. The van der Waals surface area contributed by atoms with E-state index >= 15 is 0 Å². The molecule has 2 N–H and O–H groups in total. The van der Waals surface area contributed by atoms with Gasteiger partial charge in [0.15, 0.2) is 0 Å². The van der Waals surface area contributed by atoms with E-state index in [1.807, 2.05) is 0 Å². The number of pyridine rings is 1. The van der Waals surface area contributed by atoms with Crippen LogP contribution in [0.5, 0.6) is 0 Å². The van der Waals surface area contributed by atoms with Crippen molar-refractivity contribution >= 4 is 18.2 Å². The van der Waals surface area contributed by atoms with Crippen molar-refractivity contribution in [3.8, 4) is 0 Å². The van der Waals surface area contributed by atoms with Crippen molar-refractivity contribution < 1.29 is 19.8 Å². The molecular weight excluding hydrogens is 226 g/mol. The molecule has 0 aliphatic carbocycles. The zero-order chi connectivity index (χ0) is 12.7. The molecule has 0 amide bonds. The third-order valence-corrected chi connectivity index (χ3v) is 1.68. The lowest BCUT2D eigenvalue weighted by molar-refractivity contribution is -0.141. The van der Waals surface area contributed by atoms with Gasteiger partial charge in [-0.2, -0.15) is 5.10 Å². The molecule has 0 spiro atoms. The third-order valence-electron chi connectivity index (χ3n) is 1.68. The van der Waals surface area contributed by atoms with Crippen LogP contribution in [0.15, 0.2) is 29.5 Å². The summed E-state index contributed by atoms with van der Waals surface area (Å²) in [4.78, 5) is 24.9. The number of hydrazone groups is 1. The first-order valence-corrected chi connectivity index (χ1v) is 4.71. The second kappa shape index (κ2) is 6.21. The highest BCUT2D eigenvalue weighted by Gasteiger charge is 2.10. The van der Waals surface area contributed by atoms with Crippen LogP contribution in [0, 0.1) is 0 Å². The highest BCUT2D eigenvalue weighted by Crippen LogP contribution is 1.93. The molecule has 0 aliphatic rings. The van der Waals surface area contributed by atoms with Gasteiger partial charge in [0.25, 0.3) is 0 Å². The Kier molecular flexibility index (Phi) is 4.61. The van der Waals surface area contributed by atoms with Crippen LogP contribution < -0.4 is 0 Å². The molecule has 7 nitrogen and oxygen atoms in total. The molecule has 17 heavy (non-hydrogen) atoms. The van der Waals surface area contributed by atoms with Crippen molar-refractivity contribution in [2.24, 2.45) is 5.10 Å². The van der Waals surface area contributed by atoms with Gasteiger partial charge in [-0.25, -0.2) is 0 Å². The van der Waals surface area contributed by atoms with Gasteiger partial charge in [-0.1, -0.05) is 6.07 Å². The zero-order valence-corrected chi connectivity index (χ0v) is 8.85. The van der Waals surface area contributed by atoms with Crippen molar-refractivity contribution in [2.75, 3.05) is 13.1 Å². The maximum atomic E-state index is 10.5. The number of aliphatic carboxylic acids is 2. The van der Waals surface area contributed by atoms with E-state index in [1.165, 1.54) is 6.21 Å². The summed E-state index contributed by atoms with van der Waals surface area (Å²) in [5.74, 6) is -2.30. The highest BCUT2D eigenvalue weighted by molar-refractivity contribution is 5.77. The molecule has 0 aliphatic heterocycles. The summed E-state index contributed by atoms with van der Waals surface area (Å²) in [7, 11) is 0. The minimum absolute atomic E-state index is 0.477. The van der Waals surface area contributed by atoms with Crippen molar-refractivity contribution in [1.82, 2.24) is 9.99 Å². The van der Waals surface area contributed by atoms with E-state index in [1.54, 1.807) is 24.4 Å². The molecule has 1 heterocycles. The molecule has 90 valence electrons. The fraction of sp³-hybridized carbons (Fsp3) is 0.200. The average molecular weight is 237 g/mol. The largest absolute Gasteiger partial charge is 0.480 e. The zero-order valence-electron chi connectivity index (χ0n) is 8.85. The van der Waals surface area contributed by atoms with E-state index in [-0.39, 0.29) is 0 Å². The Labute approximate surface area is 97.0 Å². The molecule has 1 rings (SSSR count). The first-order chi connectivity index (χ1) is 8.08. The van der Waals surface area contributed by atoms with Crippen molar-refractivity contribution in [3.63, 3.8) is 0 Å². The molecule has 1 aromatic rings. The van der Waals surface area contributed by atoms with E-state index in [4.69, 9.17) is 10.2 Å². The molecule has 0 aromatic carbocycles. The first-order valence-electron chi connectivity index (χ1n) is 4.71. The lowest BCUT2D eigenvalue weighted by Gasteiger charge is -2.13. The van der Waals surface area contributed by atoms with E-state index in [9.17, 15) is 9.59 Å². The first kappa shape index (κ1) is 12.6. The normalized spacial score (nSPS) is 10.4. The van der Waals surface area contributed by atoms with Crippen molar-refractivity contribution in [3.05, 3.63) is 30.1 Å². The second-order valence-corrected chi connectivity index (χ2v) is 3.11. The molecule has 1 aromatic heterocycles. The van der Waals surface area contributed by atoms with E-state index in [0.717, 1.165) is 5.01 Å². The van der Waals surface area contributed by atoms with Crippen molar-refractivity contribution in [1.29, 1.82) is 0 Å². The van der Waals surface area contributed by atoms with Gasteiger partial charge in [-0.3, -0.25) is 19.6 Å². The van der Waals surface area contributed by atoms with Crippen LogP contribution in [0.4, 0.5) is 0 Å². The van der Waals surface area contributed by atoms with Crippen LogP contribution in [-0.4, -0.2) is 51.4 Å². The Morgan fingerprint density at radius 1 is 1.29 bits per heavy atom. The topological polar surface area (TPSA) is 103 Å². The van der Waals surface area contributed by atoms with Crippen LogP contribution in [0.1, 0.15) is 5.69 Å². The molecular formula is C10H11N3O4. The van der Waals surface area contributed by atoms with E-state index in [2.05, 4.69) is 10.1 Å². The molecule has 0 bridgehead atoms. The SMILES string of the molecule is O=C(O)CN(CC(=O)O)/N=C\c1ccccn1. The van der Waals surface area contributed by atoms with Crippen LogP contribution >= 0.6 is 0 Å². The molecule has 0 fully saturated rings. The van der Waals surface area contributed by atoms with E-state index < -0.39 is 25.0 Å². The van der Waals surface area contributed by atoms with Gasteiger partial charge in [0.2, 0.25) is 0 Å². The number of carboxylic acid groups (broad SMARTS) is 2. The quantitative estimate of drug-likeness (QED) is 0.528. The van der Waals surface area contributed by atoms with Crippen LogP contribution in [0.2, 0.25) is 0 Å². The molecule has 7 heteroatoms.